The van der Waals surface area contributed by atoms with Gasteiger partial charge in [0.05, 0.1) is 18.2 Å². The molecule has 3 rings (SSSR count). The van der Waals surface area contributed by atoms with E-state index in [4.69, 9.17) is 4.74 Å². The van der Waals surface area contributed by atoms with Gasteiger partial charge in [0, 0.05) is 18.7 Å². The Labute approximate surface area is 207 Å². The van der Waals surface area contributed by atoms with Gasteiger partial charge in [0.2, 0.25) is 0 Å². The zero-order chi connectivity index (χ0) is 25.5. The average molecular weight is 483 g/mol. The van der Waals surface area contributed by atoms with Crippen molar-refractivity contribution in [1.82, 2.24) is 9.80 Å². The van der Waals surface area contributed by atoms with E-state index >= 15 is 0 Å². The van der Waals surface area contributed by atoms with Gasteiger partial charge in [-0.25, -0.2) is 4.39 Å². The summed E-state index contributed by atoms with van der Waals surface area (Å²) in [6.07, 6.45) is 1.96. The first-order valence-corrected chi connectivity index (χ1v) is 12.3. The summed E-state index contributed by atoms with van der Waals surface area (Å²) >= 11 is 0. The minimum Gasteiger partial charge on any atom is -0.507 e. The van der Waals surface area contributed by atoms with Crippen LogP contribution < -0.4 is 4.74 Å². The Morgan fingerprint density at radius 2 is 1.77 bits per heavy atom. The van der Waals surface area contributed by atoms with Crippen LogP contribution in [0.3, 0.4) is 0 Å². The predicted octanol–water partition coefficient (Wildman–Crippen LogP) is 5.08. The van der Waals surface area contributed by atoms with E-state index in [-0.39, 0.29) is 11.3 Å². The first-order valence-electron chi connectivity index (χ1n) is 12.3. The molecule has 0 radical (unpaired) electrons. The fourth-order valence-corrected chi connectivity index (χ4v) is 4.33. The monoisotopic (exact) mass is 482 g/mol. The van der Waals surface area contributed by atoms with E-state index in [2.05, 4.69) is 11.8 Å². The smallest absolute Gasteiger partial charge is 0.295 e. The normalized spacial score (nSPS) is 17.4. The van der Waals surface area contributed by atoms with Crippen molar-refractivity contribution in [2.24, 2.45) is 0 Å². The summed E-state index contributed by atoms with van der Waals surface area (Å²) in [5.41, 5.74) is 1.83. The third kappa shape index (κ3) is 5.90. The number of ether oxygens (including phenoxy) is 1. The number of unbranched alkanes of at least 4 members (excludes halogenated alkanes) is 1. The quantitative estimate of drug-likeness (QED) is 0.209. The van der Waals surface area contributed by atoms with Gasteiger partial charge < -0.3 is 19.6 Å². The Morgan fingerprint density at radius 3 is 2.37 bits per heavy atom. The number of Topliss-reactive ketones (excluding diaryl/α,β-unsaturated/α-hetero) is 1. The van der Waals surface area contributed by atoms with Crippen molar-refractivity contribution in [1.29, 1.82) is 0 Å². The summed E-state index contributed by atoms with van der Waals surface area (Å²) in [4.78, 5) is 29.9. The number of benzene rings is 2. The predicted molar refractivity (Wildman–Crippen MR) is 135 cm³/mol. The number of nitrogens with zero attached hydrogens (tertiary/aromatic N) is 2. The summed E-state index contributed by atoms with van der Waals surface area (Å²) in [5, 5.41) is 11.3. The van der Waals surface area contributed by atoms with E-state index in [0.717, 1.165) is 31.5 Å². The highest BCUT2D eigenvalue weighted by molar-refractivity contribution is 6.46. The number of hydrogen-bond acceptors (Lipinski definition) is 5. The van der Waals surface area contributed by atoms with Crippen molar-refractivity contribution in [3.8, 4) is 5.75 Å². The average Bonchev–Trinajstić information content (AvgIpc) is 3.10. The van der Waals surface area contributed by atoms with Gasteiger partial charge in [-0.2, -0.15) is 0 Å². The molecular weight excluding hydrogens is 447 g/mol. The Hall–Kier alpha value is -3.19. The van der Waals surface area contributed by atoms with E-state index in [0.29, 0.717) is 36.6 Å². The lowest BCUT2D eigenvalue weighted by Gasteiger charge is -2.28. The number of aliphatic hydroxyl groups is 1. The Kier molecular flexibility index (Phi) is 9.04. The summed E-state index contributed by atoms with van der Waals surface area (Å²) in [6.45, 7) is 11.2. The number of carbonyl (C=O) groups excluding carboxylic acids is 2. The van der Waals surface area contributed by atoms with Crippen molar-refractivity contribution in [3.63, 3.8) is 0 Å². The molecule has 1 atom stereocenters. The molecule has 0 spiro atoms. The van der Waals surface area contributed by atoms with Crippen molar-refractivity contribution >= 4 is 17.4 Å². The SMILES string of the molecule is CCCCOc1ccc(/C(O)=C2/C(=O)C(=O)N(CCN(CC)CC)C2c2ccc(F)cc2)cc1C. The van der Waals surface area contributed by atoms with Gasteiger partial charge in [0.1, 0.15) is 17.3 Å². The molecule has 0 bridgehead atoms. The van der Waals surface area contributed by atoms with Crippen LogP contribution in [0.25, 0.3) is 5.76 Å². The highest BCUT2D eigenvalue weighted by atomic mass is 19.1. The van der Waals surface area contributed by atoms with Crippen LogP contribution in [0, 0.1) is 12.7 Å². The Balaban J connectivity index is 2.03. The molecule has 0 saturated carbocycles. The maximum absolute atomic E-state index is 13.7. The lowest BCUT2D eigenvalue weighted by atomic mass is 9.94. The molecule has 1 unspecified atom stereocenters. The molecule has 188 valence electrons. The van der Waals surface area contributed by atoms with Crippen LogP contribution in [-0.4, -0.2) is 59.4 Å². The zero-order valence-corrected chi connectivity index (χ0v) is 21.0. The van der Waals surface area contributed by atoms with Gasteiger partial charge in [-0.15, -0.1) is 0 Å². The highest BCUT2D eigenvalue weighted by Gasteiger charge is 2.46. The molecule has 1 fully saturated rings. The maximum Gasteiger partial charge on any atom is 0.295 e. The lowest BCUT2D eigenvalue weighted by molar-refractivity contribution is -0.140. The molecule has 1 amide bonds. The minimum absolute atomic E-state index is 0.0141. The molecule has 1 aliphatic rings. The van der Waals surface area contributed by atoms with Gasteiger partial charge in [-0.05, 0) is 67.9 Å². The minimum atomic E-state index is -0.799. The zero-order valence-electron chi connectivity index (χ0n) is 21.0. The van der Waals surface area contributed by atoms with Crippen molar-refractivity contribution in [2.75, 3.05) is 32.8 Å². The fraction of sp³-hybridized carbons (Fsp3) is 0.429. The van der Waals surface area contributed by atoms with E-state index < -0.39 is 23.5 Å². The van der Waals surface area contributed by atoms with E-state index in [1.165, 1.54) is 17.0 Å². The molecule has 2 aromatic rings. The van der Waals surface area contributed by atoms with E-state index in [9.17, 15) is 19.1 Å². The maximum atomic E-state index is 13.7. The van der Waals surface area contributed by atoms with Gasteiger partial charge in [0.25, 0.3) is 11.7 Å². The number of hydrogen-bond donors (Lipinski definition) is 1. The number of carbonyl (C=O) groups is 2. The summed E-state index contributed by atoms with van der Waals surface area (Å²) in [5.74, 6) is -1.35. The Morgan fingerprint density at radius 1 is 1.09 bits per heavy atom. The molecule has 1 aliphatic heterocycles. The summed E-state index contributed by atoms with van der Waals surface area (Å²) in [6, 6.07) is 10.1. The number of aryl methyl sites for hydroxylation is 1. The number of likely N-dealkylation sites (N-methyl/N-ethyl adjacent to an activating group) is 1. The van der Waals surface area contributed by atoms with Crippen LogP contribution >= 0.6 is 0 Å². The second-order valence-electron chi connectivity index (χ2n) is 8.75. The van der Waals surface area contributed by atoms with Crippen molar-refractivity contribution in [2.45, 2.75) is 46.6 Å². The summed E-state index contributed by atoms with van der Waals surface area (Å²) in [7, 11) is 0. The number of aliphatic hydroxyl groups excluding tert-OH is 1. The van der Waals surface area contributed by atoms with Gasteiger partial charge in [0.15, 0.2) is 0 Å². The van der Waals surface area contributed by atoms with Gasteiger partial charge in [-0.3, -0.25) is 9.59 Å². The third-order valence-corrected chi connectivity index (χ3v) is 6.48. The van der Waals surface area contributed by atoms with Crippen LogP contribution in [0.5, 0.6) is 5.75 Å². The van der Waals surface area contributed by atoms with Gasteiger partial charge in [-0.1, -0.05) is 39.3 Å². The molecule has 1 saturated heterocycles. The van der Waals surface area contributed by atoms with Crippen LogP contribution in [0.4, 0.5) is 4.39 Å². The first kappa shape index (κ1) is 26.4. The molecule has 1 heterocycles. The number of rotatable bonds is 11. The molecule has 0 aliphatic carbocycles. The van der Waals surface area contributed by atoms with Crippen molar-refractivity contribution in [3.05, 3.63) is 70.5 Å². The second kappa shape index (κ2) is 12.0. The lowest BCUT2D eigenvalue weighted by Crippen LogP contribution is -2.38. The molecule has 7 heteroatoms. The van der Waals surface area contributed by atoms with Gasteiger partial charge >= 0.3 is 0 Å². The van der Waals surface area contributed by atoms with Crippen LogP contribution in [0.1, 0.15) is 56.3 Å². The fourth-order valence-electron chi connectivity index (χ4n) is 4.33. The number of ketones is 1. The standard InChI is InChI=1S/C28H35FN2O4/c1-5-8-17-35-23-14-11-21(18-19(23)4)26(32)24-25(20-9-12-22(29)13-10-20)31(28(34)27(24)33)16-15-30(6-2)7-3/h9-14,18,25,32H,5-8,15-17H2,1-4H3/b26-24-. The molecule has 1 N–H and O–H groups in total. The molecule has 0 aromatic heterocycles. The van der Waals surface area contributed by atoms with E-state index in [1.807, 2.05) is 20.8 Å². The highest BCUT2D eigenvalue weighted by Crippen LogP contribution is 2.39. The number of amides is 1. The molecule has 35 heavy (non-hydrogen) atoms. The second-order valence-corrected chi connectivity index (χ2v) is 8.75. The first-order chi connectivity index (χ1) is 16.8. The van der Waals surface area contributed by atoms with Crippen LogP contribution in [-0.2, 0) is 9.59 Å². The largest absolute Gasteiger partial charge is 0.507 e. The molecule has 6 nitrogen and oxygen atoms in total. The molecular formula is C28H35FN2O4. The van der Waals surface area contributed by atoms with E-state index in [1.54, 1.807) is 30.3 Å². The number of halogens is 1. The number of likely N-dealkylation sites (tertiary alicyclic amines) is 1. The van der Waals surface area contributed by atoms with Crippen LogP contribution in [0.15, 0.2) is 48.0 Å². The topological polar surface area (TPSA) is 70.1 Å². The molecule has 2 aromatic carbocycles. The van der Waals surface area contributed by atoms with Crippen molar-refractivity contribution < 1.29 is 23.8 Å². The van der Waals surface area contributed by atoms with Crippen LogP contribution in [0.2, 0.25) is 0 Å². The summed E-state index contributed by atoms with van der Waals surface area (Å²) < 4.78 is 19.5. The third-order valence-electron chi connectivity index (χ3n) is 6.48. The Bertz CT molecular complexity index is 1080.